The minimum Gasteiger partial charge on any atom is -0.364 e. The molecule has 17 heavy (non-hydrogen) atoms. The number of rotatable bonds is 5. The van der Waals surface area contributed by atoms with E-state index in [0.717, 1.165) is 24.8 Å². The first kappa shape index (κ1) is 12.9. The van der Waals surface area contributed by atoms with Crippen LogP contribution < -0.4 is 5.32 Å². The van der Waals surface area contributed by atoms with Gasteiger partial charge in [0, 0.05) is 31.2 Å². The molecule has 5 heteroatoms. The summed E-state index contributed by atoms with van der Waals surface area (Å²) in [6, 6.07) is 3.45. The van der Waals surface area contributed by atoms with E-state index in [9.17, 15) is 0 Å². The van der Waals surface area contributed by atoms with Crippen LogP contribution in [0, 0.1) is 0 Å². The van der Waals surface area contributed by atoms with Gasteiger partial charge in [0.25, 0.3) is 0 Å². The summed E-state index contributed by atoms with van der Waals surface area (Å²) in [7, 11) is 0. The van der Waals surface area contributed by atoms with E-state index < -0.39 is 0 Å². The van der Waals surface area contributed by atoms with E-state index in [2.05, 4.69) is 15.4 Å². The molecule has 0 spiro atoms. The Hall–Kier alpha value is -0.580. The molecule has 1 aliphatic heterocycles. The predicted octanol–water partition coefficient (Wildman–Crippen LogP) is 1.81. The number of halogens is 1. The van der Waals surface area contributed by atoms with Crippen molar-refractivity contribution in [2.24, 2.45) is 0 Å². The minimum atomic E-state index is 0. The molecule has 2 fully saturated rings. The second-order valence-electron chi connectivity index (χ2n) is 4.94. The summed E-state index contributed by atoms with van der Waals surface area (Å²) in [5.41, 5.74) is 1.06. The number of aromatic nitrogens is 1. The van der Waals surface area contributed by atoms with Gasteiger partial charge in [0.05, 0.1) is 5.69 Å². The molecule has 2 heterocycles. The first-order valence-electron chi connectivity index (χ1n) is 6.28. The Labute approximate surface area is 108 Å². The molecular weight excluding hydrogens is 238 g/mol. The summed E-state index contributed by atoms with van der Waals surface area (Å²) in [5.74, 6) is 0. The SMILES string of the molecule is Cl.c1cc(CN(CC2CCCN2)C2CC2)no1. The predicted molar refractivity (Wildman–Crippen MR) is 68.2 cm³/mol. The second-order valence-corrected chi connectivity index (χ2v) is 4.94. The molecule has 1 atom stereocenters. The third-order valence-electron chi connectivity index (χ3n) is 3.54. The summed E-state index contributed by atoms with van der Waals surface area (Å²) in [6.07, 6.45) is 7.01. The number of nitrogens with one attached hydrogen (secondary N) is 1. The standard InChI is InChI=1S/C12H19N3O.ClH/c1-2-10(13-6-1)8-15(12-3-4-12)9-11-5-7-16-14-11;/h5,7,10,12-13H,1-4,6,8-9H2;1H. The molecule has 0 aromatic carbocycles. The van der Waals surface area contributed by atoms with Crippen LogP contribution in [0.15, 0.2) is 16.9 Å². The van der Waals surface area contributed by atoms with E-state index in [1.807, 2.05) is 6.07 Å². The summed E-state index contributed by atoms with van der Waals surface area (Å²) in [4.78, 5) is 2.56. The van der Waals surface area contributed by atoms with Crippen molar-refractivity contribution in [3.8, 4) is 0 Å². The Morgan fingerprint density at radius 2 is 2.29 bits per heavy atom. The first-order valence-corrected chi connectivity index (χ1v) is 6.28. The van der Waals surface area contributed by atoms with Crippen LogP contribution in [0.5, 0.6) is 0 Å². The van der Waals surface area contributed by atoms with Gasteiger partial charge in [0.15, 0.2) is 0 Å². The van der Waals surface area contributed by atoms with Crippen LogP contribution in [0.4, 0.5) is 0 Å². The van der Waals surface area contributed by atoms with Gasteiger partial charge in [-0.05, 0) is 32.2 Å². The average Bonchev–Trinajstić information content (AvgIpc) is 2.79. The molecule has 96 valence electrons. The highest BCUT2D eigenvalue weighted by molar-refractivity contribution is 5.85. The smallest absolute Gasteiger partial charge is 0.124 e. The largest absolute Gasteiger partial charge is 0.364 e. The van der Waals surface area contributed by atoms with Gasteiger partial charge >= 0.3 is 0 Å². The molecule has 1 N–H and O–H groups in total. The van der Waals surface area contributed by atoms with Gasteiger partial charge in [-0.3, -0.25) is 4.90 Å². The van der Waals surface area contributed by atoms with Crippen LogP contribution in [0.25, 0.3) is 0 Å². The molecule has 1 aromatic rings. The second kappa shape index (κ2) is 5.85. The zero-order valence-electron chi connectivity index (χ0n) is 9.97. The number of hydrogen-bond acceptors (Lipinski definition) is 4. The van der Waals surface area contributed by atoms with Crippen molar-refractivity contribution in [1.82, 2.24) is 15.4 Å². The van der Waals surface area contributed by atoms with Crippen molar-refractivity contribution in [3.05, 3.63) is 18.0 Å². The van der Waals surface area contributed by atoms with Crippen molar-refractivity contribution in [3.63, 3.8) is 0 Å². The van der Waals surface area contributed by atoms with Gasteiger partial charge in [-0.1, -0.05) is 5.16 Å². The normalized spacial score (nSPS) is 23.9. The lowest BCUT2D eigenvalue weighted by Gasteiger charge is -2.24. The fraction of sp³-hybridized carbons (Fsp3) is 0.750. The van der Waals surface area contributed by atoms with E-state index in [1.165, 1.54) is 32.2 Å². The van der Waals surface area contributed by atoms with E-state index in [4.69, 9.17) is 4.52 Å². The highest BCUT2D eigenvalue weighted by Gasteiger charge is 2.31. The van der Waals surface area contributed by atoms with Crippen molar-refractivity contribution in [2.75, 3.05) is 13.1 Å². The Bertz CT molecular complexity index is 321. The molecule has 0 radical (unpaired) electrons. The zero-order chi connectivity index (χ0) is 10.8. The first-order chi connectivity index (χ1) is 7.92. The maximum absolute atomic E-state index is 4.89. The third-order valence-corrected chi connectivity index (χ3v) is 3.54. The monoisotopic (exact) mass is 257 g/mol. The topological polar surface area (TPSA) is 41.3 Å². The third kappa shape index (κ3) is 3.44. The van der Waals surface area contributed by atoms with Crippen LogP contribution in [0.2, 0.25) is 0 Å². The highest BCUT2D eigenvalue weighted by Crippen LogP contribution is 2.28. The van der Waals surface area contributed by atoms with Gasteiger partial charge in [-0.15, -0.1) is 12.4 Å². The molecule has 1 saturated carbocycles. The fourth-order valence-corrected chi connectivity index (χ4v) is 2.51. The van der Waals surface area contributed by atoms with E-state index in [0.29, 0.717) is 6.04 Å². The Morgan fingerprint density at radius 3 is 2.88 bits per heavy atom. The van der Waals surface area contributed by atoms with E-state index in [-0.39, 0.29) is 12.4 Å². The Kier molecular flexibility index (Phi) is 4.42. The summed E-state index contributed by atoms with van der Waals surface area (Å²) in [5, 5.41) is 7.57. The number of nitrogens with zero attached hydrogens (tertiary/aromatic N) is 2. The Morgan fingerprint density at radius 1 is 1.41 bits per heavy atom. The van der Waals surface area contributed by atoms with Gasteiger partial charge in [-0.2, -0.15) is 0 Å². The fourth-order valence-electron chi connectivity index (χ4n) is 2.51. The molecule has 3 rings (SSSR count). The lowest BCUT2D eigenvalue weighted by atomic mass is 10.2. The molecule has 1 unspecified atom stereocenters. The van der Waals surface area contributed by atoms with E-state index in [1.54, 1.807) is 6.26 Å². The highest BCUT2D eigenvalue weighted by atomic mass is 35.5. The van der Waals surface area contributed by atoms with Crippen LogP contribution >= 0.6 is 12.4 Å². The van der Waals surface area contributed by atoms with Crippen LogP contribution in [0.3, 0.4) is 0 Å². The van der Waals surface area contributed by atoms with Crippen LogP contribution in [-0.4, -0.2) is 35.2 Å². The molecular formula is C12H20ClN3O. The molecule has 4 nitrogen and oxygen atoms in total. The molecule has 2 aliphatic rings. The van der Waals surface area contributed by atoms with Crippen LogP contribution in [-0.2, 0) is 6.54 Å². The van der Waals surface area contributed by atoms with Crippen molar-refractivity contribution < 1.29 is 4.52 Å². The van der Waals surface area contributed by atoms with E-state index >= 15 is 0 Å². The lowest BCUT2D eigenvalue weighted by Crippen LogP contribution is -2.38. The van der Waals surface area contributed by atoms with Crippen molar-refractivity contribution in [2.45, 2.75) is 44.3 Å². The van der Waals surface area contributed by atoms with Crippen molar-refractivity contribution >= 4 is 12.4 Å². The summed E-state index contributed by atoms with van der Waals surface area (Å²) in [6.45, 7) is 3.30. The summed E-state index contributed by atoms with van der Waals surface area (Å²) < 4.78 is 4.89. The molecule has 0 amide bonds. The van der Waals surface area contributed by atoms with Gasteiger partial charge in [0.2, 0.25) is 0 Å². The molecule has 1 aromatic heterocycles. The maximum atomic E-state index is 4.89. The van der Waals surface area contributed by atoms with Gasteiger partial charge in [-0.25, -0.2) is 0 Å². The van der Waals surface area contributed by atoms with Crippen molar-refractivity contribution in [1.29, 1.82) is 0 Å². The molecule has 1 aliphatic carbocycles. The molecule has 1 saturated heterocycles. The lowest BCUT2D eigenvalue weighted by molar-refractivity contribution is 0.224. The average molecular weight is 258 g/mol. The van der Waals surface area contributed by atoms with Gasteiger partial charge in [0.1, 0.15) is 6.26 Å². The quantitative estimate of drug-likeness (QED) is 0.874. The molecule has 0 bridgehead atoms. The number of hydrogen-bond donors (Lipinski definition) is 1. The maximum Gasteiger partial charge on any atom is 0.124 e. The Balaban J connectivity index is 0.00000108. The van der Waals surface area contributed by atoms with Crippen LogP contribution in [0.1, 0.15) is 31.4 Å². The van der Waals surface area contributed by atoms with Gasteiger partial charge < -0.3 is 9.84 Å². The minimum absolute atomic E-state index is 0. The zero-order valence-corrected chi connectivity index (χ0v) is 10.8. The summed E-state index contributed by atoms with van der Waals surface area (Å²) >= 11 is 0.